The average Bonchev–Trinajstić information content (AvgIpc) is 2.57. The molecule has 23 heavy (non-hydrogen) atoms. The summed E-state index contributed by atoms with van der Waals surface area (Å²) in [5.74, 6) is 0. The molecule has 0 N–H and O–H groups in total. The maximum Gasteiger partial charge on any atom is 0.330 e. The van der Waals surface area contributed by atoms with Crippen molar-refractivity contribution >= 4 is 0 Å². The Balaban J connectivity index is 1.91. The molecular formula is C18H23N3O2. The SMILES string of the molecule is CN(Cc1cc(=O)n(C)c(=O)n1C)[C@H]1CCCc2ccccc21. The van der Waals surface area contributed by atoms with E-state index in [2.05, 4.69) is 36.2 Å². The van der Waals surface area contributed by atoms with Gasteiger partial charge >= 0.3 is 5.69 Å². The minimum Gasteiger partial charge on any atom is -0.299 e. The Morgan fingerprint density at radius 3 is 2.70 bits per heavy atom. The number of aryl methyl sites for hydroxylation is 1. The topological polar surface area (TPSA) is 47.2 Å². The van der Waals surface area contributed by atoms with Gasteiger partial charge in [0.1, 0.15) is 0 Å². The van der Waals surface area contributed by atoms with Crippen LogP contribution in [0.3, 0.4) is 0 Å². The van der Waals surface area contributed by atoms with Gasteiger partial charge in [0.25, 0.3) is 5.56 Å². The van der Waals surface area contributed by atoms with Gasteiger partial charge in [0.05, 0.1) is 0 Å². The van der Waals surface area contributed by atoms with Crippen LogP contribution in [-0.4, -0.2) is 21.1 Å². The molecule has 0 unspecified atom stereocenters. The molecule has 1 heterocycles. The van der Waals surface area contributed by atoms with E-state index in [4.69, 9.17) is 0 Å². The summed E-state index contributed by atoms with van der Waals surface area (Å²) in [6, 6.07) is 10.5. The molecular weight excluding hydrogens is 290 g/mol. The van der Waals surface area contributed by atoms with Crippen molar-refractivity contribution in [2.24, 2.45) is 14.1 Å². The van der Waals surface area contributed by atoms with E-state index in [1.54, 1.807) is 17.7 Å². The van der Waals surface area contributed by atoms with E-state index in [-0.39, 0.29) is 11.2 Å². The Bertz CT molecular complexity index is 835. The largest absolute Gasteiger partial charge is 0.330 e. The van der Waals surface area contributed by atoms with Crippen LogP contribution in [0.4, 0.5) is 0 Å². The maximum atomic E-state index is 12.1. The van der Waals surface area contributed by atoms with Gasteiger partial charge in [-0.2, -0.15) is 0 Å². The molecule has 2 aromatic rings. The smallest absolute Gasteiger partial charge is 0.299 e. The second-order valence-corrected chi connectivity index (χ2v) is 6.40. The first-order valence-electron chi connectivity index (χ1n) is 8.03. The van der Waals surface area contributed by atoms with Crippen molar-refractivity contribution in [2.45, 2.75) is 31.8 Å². The van der Waals surface area contributed by atoms with Crippen molar-refractivity contribution < 1.29 is 0 Å². The van der Waals surface area contributed by atoms with E-state index < -0.39 is 0 Å². The molecule has 0 radical (unpaired) electrons. The Morgan fingerprint density at radius 1 is 1.17 bits per heavy atom. The van der Waals surface area contributed by atoms with Crippen LogP contribution in [0.15, 0.2) is 39.9 Å². The van der Waals surface area contributed by atoms with Gasteiger partial charge in [-0.1, -0.05) is 24.3 Å². The van der Waals surface area contributed by atoms with Gasteiger partial charge < -0.3 is 0 Å². The molecule has 5 nitrogen and oxygen atoms in total. The lowest BCUT2D eigenvalue weighted by Crippen LogP contribution is -2.39. The predicted molar refractivity (Wildman–Crippen MR) is 90.5 cm³/mol. The summed E-state index contributed by atoms with van der Waals surface area (Å²) >= 11 is 0. The molecule has 1 aromatic heterocycles. The van der Waals surface area contributed by atoms with Crippen LogP contribution in [0.25, 0.3) is 0 Å². The van der Waals surface area contributed by atoms with E-state index in [0.29, 0.717) is 12.6 Å². The van der Waals surface area contributed by atoms with Gasteiger partial charge in [0.2, 0.25) is 0 Å². The number of benzene rings is 1. The lowest BCUT2D eigenvalue weighted by molar-refractivity contribution is 0.208. The molecule has 5 heteroatoms. The van der Waals surface area contributed by atoms with Crippen LogP contribution in [0.1, 0.15) is 35.7 Å². The van der Waals surface area contributed by atoms with E-state index in [1.807, 2.05) is 0 Å². The number of hydrogen-bond acceptors (Lipinski definition) is 3. The molecule has 0 spiro atoms. The van der Waals surface area contributed by atoms with E-state index in [1.165, 1.54) is 24.6 Å². The van der Waals surface area contributed by atoms with Gasteiger partial charge in [-0.3, -0.25) is 18.8 Å². The normalized spacial score (nSPS) is 17.3. The lowest BCUT2D eigenvalue weighted by atomic mass is 9.87. The Morgan fingerprint density at radius 2 is 1.91 bits per heavy atom. The van der Waals surface area contributed by atoms with Crippen LogP contribution < -0.4 is 11.2 Å². The van der Waals surface area contributed by atoms with Crippen molar-refractivity contribution in [3.63, 3.8) is 0 Å². The number of fused-ring (bicyclic) bond motifs is 1. The van der Waals surface area contributed by atoms with Crippen LogP contribution in [-0.2, 0) is 27.1 Å². The molecule has 1 atom stereocenters. The highest BCUT2D eigenvalue weighted by atomic mass is 16.2. The first kappa shape index (κ1) is 15.7. The highest BCUT2D eigenvalue weighted by Gasteiger charge is 2.24. The van der Waals surface area contributed by atoms with E-state index >= 15 is 0 Å². The summed E-state index contributed by atoms with van der Waals surface area (Å²) in [6.45, 7) is 0.584. The second-order valence-electron chi connectivity index (χ2n) is 6.40. The summed E-state index contributed by atoms with van der Waals surface area (Å²) in [5, 5.41) is 0. The zero-order chi connectivity index (χ0) is 16.6. The van der Waals surface area contributed by atoms with Crippen LogP contribution in [0.5, 0.6) is 0 Å². The minimum atomic E-state index is -0.273. The fourth-order valence-corrected chi connectivity index (χ4v) is 3.48. The summed E-state index contributed by atoms with van der Waals surface area (Å²) in [6.07, 6.45) is 3.40. The van der Waals surface area contributed by atoms with Crippen molar-refractivity contribution in [2.75, 3.05) is 7.05 Å². The maximum absolute atomic E-state index is 12.1. The summed E-state index contributed by atoms with van der Waals surface area (Å²) in [5.41, 5.74) is 3.01. The van der Waals surface area contributed by atoms with Crippen molar-refractivity contribution in [1.82, 2.24) is 14.0 Å². The van der Waals surface area contributed by atoms with E-state index in [9.17, 15) is 9.59 Å². The molecule has 0 aliphatic heterocycles. The van der Waals surface area contributed by atoms with Gasteiger partial charge in [-0.05, 0) is 37.4 Å². The fraction of sp³-hybridized carbons (Fsp3) is 0.444. The Labute approximate surface area is 135 Å². The molecule has 3 rings (SSSR count). The third-order valence-corrected chi connectivity index (χ3v) is 4.91. The van der Waals surface area contributed by atoms with Gasteiger partial charge in [0, 0.05) is 38.4 Å². The van der Waals surface area contributed by atoms with Gasteiger partial charge in [-0.15, -0.1) is 0 Å². The van der Waals surface area contributed by atoms with Crippen molar-refractivity contribution in [3.05, 3.63) is 68.0 Å². The van der Waals surface area contributed by atoms with Gasteiger partial charge in [-0.25, -0.2) is 4.79 Å². The summed E-state index contributed by atoms with van der Waals surface area (Å²) < 4.78 is 2.70. The number of hydrogen-bond donors (Lipinski definition) is 0. The first-order chi connectivity index (χ1) is 11.0. The standard InChI is InChI=1S/C18H23N3O2/c1-19(12-14-11-17(22)21(3)18(23)20(14)2)16-10-6-8-13-7-4-5-9-15(13)16/h4-5,7,9,11,16H,6,8,10,12H2,1-3H3/t16-/m0/s1. The highest BCUT2D eigenvalue weighted by molar-refractivity contribution is 5.32. The second kappa shape index (κ2) is 6.16. The third kappa shape index (κ3) is 2.88. The molecule has 0 saturated carbocycles. The average molecular weight is 313 g/mol. The molecule has 0 amide bonds. The van der Waals surface area contributed by atoms with Crippen LogP contribution in [0, 0.1) is 0 Å². The highest BCUT2D eigenvalue weighted by Crippen LogP contribution is 2.33. The van der Waals surface area contributed by atoms with Crippen molar-refractivity contribution in [3.8, 4) is 0 Å². The van der Waals surface area contributed by atoms with Crippen molar-refractivity contribution in [1.29, 1.82) is 0 Å². The zero-order valence-electron chi connectivity index (χ0n) is 14.0. The molecule has 122 valence electrons. The molecule has 1 aliphatic rings. The van der Waals surface area contributed by atoms with Crippen LogP contribution >= 0.6 is 0 Å². The molecule has 1 aliphatic carbocycles. The fourth-order valence-electron chi connectivity index (χ4n) is 3.48. The number of aromatic nitrogens is 2. The lowest BCUT2D eigenvalue weighted by Gasteiger charge is -2.33. The molecule has 0 fully saturated rings. The third-order valence-electron chi connectivity index (χ3n) is 4.91. The van der Waals surface area contributed by atoms with E-state index in [0.717, 1.165) is 23.1 Å². The summed E-state index contributed by atoms with van der Waals surface area (Å²) in [7, 11) is 5.30. The predicted octanol–water partition coefficient (Wildman–Crippen LogP) is 1.59. The Hall–Kier alpha value is -2.14. The monoisotopic (exact) mass is 313 g/mol. The number of rotatable bonds is 3. The quantitative estimate of drug-likeness (QED) is 0.864. The minimum absolute atomic E-state index is 0.249. The van der Waals surface area contributed by atoms with Crippen LogP contribution in [0.2, 0.25) is 0 Å². The summed E-state index contributed by atoms with van der Waals surface area (Å²) in [4.78, 5) is 26.2. The molecule has 0 bridgehead atoms. The zero-order valence-corrected chi connectivity index (χ0v) is 14.0. The number of nitrogens with zero attached hydrogens (tertiary/aromatic N) is 3. The van der Waals surface area contributed by atoms with Gasteiger partial charge in [0.15, 0.2) is 0 Å². The first-order valence-corrected chi connectivity index (χ1v) is 8.03. The molecule has 1 aromatic carbocycles. The Kier molecular flexibility index (Phi) is 4.22. The molecule has 0 saturated heterocycles.